The van der Waals surface area contributed by atoms with E-state index in [-0.39, 0.29) is 48.1 Å². The average molecular weight is 281 g/mol. The molecule has 1 aliphatic heterocycles. The van der Waals surface area contributed by atoms with Gasteiger partial charge in [-0.05, 0) is 19.1 Å². The van der Waals surface area contributed by atoms with Crippen LogP contribution in [-0.2, 0) is 4.74 Å². The molecule has 1 fully saturated rings. The summed E-state index contributed by atoms with van der Waals surface area (Å²) in [5.41, 5.74) is 0.182. The number of carbonyl (C=O) groups excluding carboxylic acids is 1. The molecule has 1 aliphatic rings. The molecule has 2 unspecified atom stereocenters. The molecule has 0 bridgehead atoms. The van der Waals surface area contributed by atoms with Crippen LogP contribution in [0.3, 0.4) is 0 Å². The zero-order valence-corrected chi connectivity index (χ0v) is 11.3. The number of ketones is 1. The summed E-state index contributed by atoms with van der Waals surface area (Å²) in [4.78, 5) is 14.1. The molecule has 3 N–H and O–H groups in total. The molecule has 0 spiro atoms. The predicted molar refractivity (Wildman–Crippen MR) is 72.0 cm³/mol. The lowest BCUT2D eigenvalue weighted by molar-refractivity contribution is -0.0747. The van der Waals surface area contributed by atoms with Crippen molar-refractivity contribution in [3.63, 3.8) is 0 Å². The van der Waals surface area contributed by atoms with Gasteiger partial charge in [-0.25, -0.2) is 0 Å². The maximum atomic E-state index is 12.2. The van der Waals surface area contributed by atoms with Crippen LogP contribution in [0.15, 0.2) is 18.2 Å². The van der Waals surface area contributed by atoms with Crippen LogP contribution in [0.25, 0.3) is 0 Å². The number of carbonyl (C=O) groups is 1. The van der Waals surface area contributed by atoms with E-state index in [0.717, 1.165) is 6.07 Å². The Bertz CT molecular complexity index is 490. The Morgan fingerprint density at radius 2 is 2.20 bits per heavy atom. The molecule has 0 radical (unpaired) electrons. The van der Waals surface area contributed by atoms with E-state index in [1.807, 2.05) is 11.8 Å². The highest BCUT2D eigenvalue weighted by molar-refractivity contribution is 6.00. The number of ether oxygens (including phenoxy) is 1. The molecule has 1 aromatic carbocycles. The number of aromatic hydroxyl groups is 2. The lowest BCUT2D eigenvalue weighted by atomic mass is 10.1. The first-order chi connectivity index (χ1) is 9.51. The van der Waals surface area contributed by atoms with Gasteiger partial charge in [-0.2, -0.15) is 0 Å². The van der Waals surface area contributed by atoms with Crippen molar-refractivity contribution in [2.24, 2.45) is 0 Å². The zero-order chi connectivity index (χ0) is 14.7. The van der Waals surface area contributed by atoms with E-state index >= 15 is 0 Å². The molecule has 6 nitrogen and oxygen atoms in total. The summed E-state index contributed by atoms with van der Waals surface area (Å²) in [6.45, 7) is 2.93. The molecule has 1 saturated heterocycles. The summed E-state index contributed by atoms with van der Waals surface area (Å²) in [5, 5.41) is 28.0. The van der Waals surface area contributed by atoms with Gasteiger partial charge in [0.25, 0.3) is 0 Å². The molecule has 0 aliphatic carbocycles. The second-order valence-corrected chi connectivity index (χ2v) is 5.04. The van der Waals surface area contributed by atoms with Crippen LogP contribution in [0.1, 0.15) is 17.3 Å². The van der Waals surface area contributed by atoms with Crippen molar-refractivity contribution < 1.29 is 24.9 Å². The summed E-state index contributed by atoms with van der Waals surface area (Å²) in [6.07, 6.45) is -0.285. The van der Waals surface area contributed by atoms with Crippen LogP contribution < -0.4 is 0 Å². The monoisotopic (exact) mass is 281 g/mol. The second-order valence-electron chi connectivity index (χ2n) is 5.04. The van der Waals surface area contributed by atoms with Gasteiger partial charge in [0, 0.05) is 18.7 Å². The highest BCUT2D eigenvalue weighted by Gasteiger charge is 2.27. The number of aliphatic hydroxyl groups excluding tert-OH is 1. The number of rotatable bonds is 4. The third-order valence-electron chi connectivity index (χ3n) is 3.47. The van der Waals surface area contributed by atoms with Crippen molar-refractivity contribution in [2.75, 3.05) is 26.3 Å². The maximum absolute atomic E-state index is 12.2. The number of benzene rings is 1. The van der Waals surface area contributed by atoms with Gasteiger partial charge < -0.3 is 20.1 Å². The van der Waals surface area contributed by atoms with Crippen molar-refractivity contribution >= 4 is 5.78 Å². The lowest BCUT2D eigenvalue weighted by Gasteiger charge is -2.36. The Labute approximate surface area is 117 Å². The summed E-state index contributed by atoms with van der Waals surface area (Å²) in [6, 6.07) is 3.99. The number of Topliss-reactive ketones (excluding diaryl/α,β-unsaturated/α-hetero) is 1. The Morgan fingerprint density at radius 3 is 2.85 bits per heavy atom. The SMILES string of the molecule is CC1COC(CO)CN1CC(=O)c1ccc(O)cc1O. The Kier molecular flexibility index (Phi) is 4.59. The van der Waals surface area contributed by atoms with Crippen molar-refractivity contribution in [3.05, 3.63) is 23.8 Å². The fraction of sp³-hybridized carbons (Fsp3) is 0.500. The van der Waals surface area contributed by atoms with Crippen LogP contribution in [0, 0.1) is 0 Å². The number of morpholine rings is 1. The topological polar surface area (TPSA) is 90.2 Å². The molecular weight excluding hydrogens is 262 g/mol. The van der Waals surface area contributed by atoms with Gasteiger partial charge in [-0.1, -0.05) is 0 Å². The smallest absolute Gasteiger partial charge is 0.180 e. The highest BCUT2D eigenvalue weighted by Crippen LogP contribution is 2.23. The normalized spacial score (nSPS) is 23.7. The minimum Gasteiger partial charge on any atom is -0.508 e. The van der Waals surface area contributed by atoms with Gasteiger partial charge in [0.05, 0.1) is 31.4 Å². The molecule has 6 heteroatoms. The minimum atomic E-state index is -0.285. The van der Waals surface area contributed by atoms with Gasteiger partial charge >= 0.3 is 0 Å². The van der Waals surface area contributed by atoms with E-state index in [0.29, 0.717) is 13.2 Å². The molecule has 2 rings (SSSR count). The predicted octanol–water partition coefficient (Wildman–Crippen LogP) is 0.362. The van der Waals surface area contributed by atoms with Gasteiger partial charge in [0.15, 0.2) is 5.78 Å². The third-order valence-corrected chi connectivity index (χ3v) is 3.47. The van der Waals surface area contributed by atoms with E-state index in [2.05, 4.69) is 0 Å². The molecule has 20 heavy (non-hydrogen) atoms. The van der Waals surface area contributed by atoms with Crippen molar-refractivity contribution in [1.82, 2.24) is 4.90 Å². The van der Waals surface area contributed by atoms with E-state index in [1.165, 1.54) is 12.1 Å². The average Bonchev–Trinajstić information content (AvgIpc) is 2.41. The fourth-order valence-corrected chi connectivity index (χ4v) is 2.23. The minimum absolute atomic E-state index is 0.0704. The lowest BCUT2D eigenvalue weighted by Crippen LogP contribution is -2.51. The molecule has 0 saturated carbocycles. The van der Waals surface area contributed by atoms with Gasteiger partial charge in [0.1, 0.15) is 11.5 Å². The first kappa shape index (κ1) is 14.8. The molecule has 2 atom stereocenters. The first-order valence-electron chi connectivity index (χ1n) is 6.53. The van der Waals surface area contributed by atoms with Crippen LogP contribution >= 0.6 is 0 Å². The van der Waals surface area contributed by atoms with Gasteiger partial charge in [-0.3, -0.25) is 9.69 Å². The van der Waals surface area contributed by atoms with Crippen LogP contribution in [0.4, 0.5) is 0 Å². The number of phenolic OH excluding ortho intramolecular Hbond substituents is 2. The summed E-state index contributed by atoms with van der Waals surface area (Å²) in [5.74, 6) is -0.540. The molecular formula is C14H19NO5. The van der Waals surface area contributed by atoms with Crippen LogP contribution in [-0.4, -0.2) is 64.5 Å². The van der Waals surface area contributed by atoms with E-state index in [1.54, 1.807) is 0 Å². The molecule has 1 aromatic rings. The van der Waals surface area contributed by atoms with Crippen LogP contribution in [0.5, 0.6) is 11.5 Å². The number of hydrogen-bond donors (Lipinski definition) is 3. The molecule has 110 valence electrons. The summed E-state index contributed by atoms with van der Waals surface area (Å²) < 4.78 is 5.41. The quantitative estimate of drug-likeness (QED) is 0.691. The molecule has 1 heterocycles. The van der Waals surface area contributed by atoms with E-state index in [9.17, 15) is 15.0 Å². The zero-order valence-electron chi connectivity index (χ0n) is 11.3. The van der Waals surface area contributed by atoms with E-state index in [4.69, 9.17) is 9.84 Å². The summed E-state index contributed by atoms with van der Waals surface area (Å²) in [7, 11) is 0. The Hall–Kier alpha value is -1.63. The largest absolute Gasteiger partial charge is 0.508 e. The number of aliphatic hydroxyl groups is 1. The maximum Gasteiger partial charge on any atom is 0.180 e. The highest BCUT2D eigenvalue weighted by atomic mass is 16.5. The number of phenols is 2. The molecule has 0 amide bonds. The Balaban J connectivity index is 2.06. The van der Waals surface area contributed by atoms with Gasteiger partial charge in [0.2, 0.25) is 0 Å². The van der Waals surface area contributed by atoms with Gasteiger partial charge in [-0.15, -0.1) is 0 Å². The van der Waals surface area contributed by atoms with E-state index < -0.39 is 0 Å². The van der Waals surface area contributed by atoms with Crippen molar-refractivity contribution in [1.29, 1.82) is 0 Å². The first-order valence-corrected chi connectivity index (χ1v) is 6.53. The third kappa shape index (κ3) is 3.27. The van der Waals surface area contributed by atoms with Crippen molar-refractivity contribution in [3.8, 4) is 11.5 Å². The molecule has 0 aromatic heterocycles. The fourth-order valence-electron chi connectivity index (χ4n) is 2.23. The second kappa shape index (κ2) is 6.21. The number of hydrogen-bond acceptors (Lipinski definition) is 6. The number of nitrogens with zero attached hydrogens (tertiary/aromatic N) is 1. The van der Waals surface area contributed by atoms with Crippen molar-refractivity contribution in [2.45, 2.75) is 19.1 Å². The van der Waals surface area contributed by atoms with Crippen LogP contribution in [0.2, 0.25) is 0 Å². The standard InChI is InChI=1S/C14H19NO5/c1-9-8-20-11(7-16)5-15(9)6-14(19)12-3-2-10(17)4-13(12)18/h2-4,9,11,16-18H,5-8H2,1H3. The summed E-state index contributed by atoms with van der Waals surface area (Å²) >= 11 is 0. The Morgan fingerprint density at radius 1 is 1.45 bits per heavy atom.